The molecule has 236 valence electrons. The summed E-state index contributed by atoms with van der Waals surface area (Å²) in [4.78, 5) is 0. The molecule has 0 N–H and O–H groups in total. The predicted molar refractivity (Wildman–Crippen MR) is 187 cm³/mol. The molecule has 4 saturated carbocycles. The third-order valence-electron chi connectivity index (χ3n) is 12.8. The van der Waals surface area contributed by atoms with Crippen LogP contribution in [0.4, 0.5) is 0 Å². The van der Waals surface area contributed by atoms with Gasteiger partial charge in [0.15, 0.2) is 0 Å². The number of unbranched alkanes of at least 4 members (excludes halogenated alkanes) is 1. The van der Waals surface area contributed by atoms with E-state index >= 15 is 0 Å². The molecule has 0 aliphatic heterocycles. The molecule has 0 aromatic carbocycles. The molecule has 5 aliphatic rings. The maximum atomic E-state index is 5.23. The molecule has 0 bridgehead atoms. The molecule has 7 unspecified atom stereocenters. The van der Waals surface area contributed by atoms with E-state index in [0.717, 1.165) is 53.4 Å². The topological polar surface area (TPSA) is 0 Å². The third-order valence-corrected chi connectivity index (χ3v) is 12.8. The van der Waals surface area contributed by atoms with E-state index in [-0.39, 0.29) is 22.3 Å². The average Bonchev–Trinajstić information content (AvgIpc) is 2.99. The predicted octanol–water partition coefficient (Wildman–Crippen LogP) is 13.1. The van der Waals surface area contributed by atoms with Crippen LogP contribution in [-0.4, -0.2) is 0 Å². The molecule has 4 fully saturated rings. The maximum absolute atomic E-state index is 5.23. The minimum Gasteiger partial charge on any atom is -0.115 e. The summed E-state index contributed by atoms with van der Waals surface area (Å²) in [5, 5.41) is 0. The zero-order chi connectivity index (χ0) is 27.7. The van der Waals surface area contributed by atoms with Crippen molar-refractivity contribution in [2.24, 2.45) is 57.7 Å². The highest BCUT2D eigenvalue weighted by Crippen LogP contribution is 2.70. The van der Waals surface area contributed by atoms with Crippen molar-refractivity contribution in [1.82, 2.24) is 0 Å². The van der Waals surface area contributed by atoms with Gasteiger partial charge in [-0.1, -0.05) is 113 Å². The monoisotopic (exact) mass is 565 g/mol. The molecule has 0 aromatic heterocycles. The molecule has 41 heavy (non-hydrogen) atoms. The zero-order valence-electron chi connectivity index (χ0n) is 26.4. The van der Waals surface area contributed by atoms with Crippen molar-refractivity contribution >= 4 is 0 Å². The van der Waals surface area contributed by atoms with Gasteiger partial charge in [0.05, 0.1) is 0 Å². The van der Waals surface area contributed by atoms with Crippen LogP contribution in [0, 0.1) is 70.0 Å². The fraction of sp³-hybridized carbons (Fsp3) is 0.805. The Morgan fingerprint density at radius 2 is 1.63 bits per heavy atom. The molecule has 5 rings (SSSR count). The van der Waals surface area contributed by atoms with E-state index in [1.165, 1.54) is 50.5 Å². The van der Waals surface area contributed by atoms with Gasteiger partial charge in [0, 0.05) is 5.57 Å². The first-order chi connectivity index (χ1) is 18.0. The first-order valence-electron chi connectivity index (χ1n) is 16.5. The lowest BCUT2D eigenvalue weighted by atomic mass is 9.42. The molecule has 0 heteroatoms. The van der Waals surface area contributed by atoms with Crippen LogP contribution in [0.25, 0.3) is 0 Å². The summed E-state index contributed by atoms with van der Waals surface area (Å²) in [5.41, 5.74) is 4.22. The minimum atomic E-state index is 0. The first-order valence-corrected chi connectivity index (χ1v) is 16.5. The van der Waals surface area contributed by atoms with Gasteiger partial charge in [-0.25, -0.2) is 0 Å². The SMILES string of the molecule is C.C.C.C#CC1=CCC=C(C)C=C1.CCCCC1(C)CCC2(C)C(CCC3[C@@H]2CCC2(C)C(C(C)C)C(C)C[C@@H]32)C1. The smallest absolute Gasteiger partial charge is 0.0205 e. The molecule has 5 aliphatic carbocycles. The minimum absolute atomic E-state index is 0. The quantitative estimate of drug-likeness (QED) is 0.298. The van der Waals surface area contributed by atoms with E-state index in [2.05, 4.69) is 67.4 Å². The molecular weight excluding hydrogens is 492 g/mol. The summed E-state index contributed by atoms with van der Waals surface area (Å²) in [7, 11) is 0. The fourth-order valence-electron chi connectivity index (χ4n) is 11.0. The second-order valence-corrected chi connectivity index (χ2v) is 15.6. The molecule has 0 spiro atoms. The van der Waals surface area contributed by atoms with Gasteiger partial charge >= 0.3 is 0 Å². The molecule has 0 saturated heterocycles. The Balaban J connectivity index is 0.000000555. The van der Waals surface area contributed by atoms with Crippen LogP contribution < -0.4 is 0 Å². The first kappa shape index (κ1) is 37.8. The van der Waals surface area contributed by atoms with E-state index in [9.17, 15) is 0 Å². The molecule has 0 heterocycles. The van der Waals surface area contributed by atoms with Crippen molar-refractivity contribution in [3.8, 4) is 12.3 Å². The van der Waals surface area contributed by atoms with Crippen LogP contribution in [0.3, 0.4) is 0 Å². The van der Waals surface area contributed by atoms with Crippen molar-refractivity contribution in [3.63, 3.8) is 0 Å². The summed E-state index contributed by atoms with van der Waals surface area (Å²) in [6.07, 6.45) is 31.0. The Bertz CT molecular complexity index is 953. The summed E-state index contributed by atoms with van der Waals surface area (Å²) >= 11 is 0. The number of fused-ring (bicyclic) bond motifs is 5. The second-order valence-electron chi connectivity index (χ2n) is 15.6. The van der Waals surface area contributed by atoms with Crippen LogP contribution in [0.15, 0.2) is 35.5 Å². The van der Waals surface area contributed by atoms with Gasteiger partial charge in [-0.2, -0.15) is 0 Å². The summed E-state index contributed by atoms with van der Waals surface area (Å²) < 4.78 is 0. The van der Waals surface area contributed by atoms with Crippen LogP contribution >= 0.6 is 0 Å². The Hall–Kier alpha value is -1.22. The summed E-state index contributed by atoms with van der Waals surface area (Å²) in [5.74, 6) is 9.52. The number of allylic oxidation sites excluding steroid dienone is 6. The molecular formula is C41H72. The number of hydrogen-bond acceptors (Lipinski definition) is 0. The lowest BCUT2D eigenvalue weighted by molar-refractivity contribution is -0.132. The Kier molecular flexibility index (Phi) is 13.8. The Morgan fingerprint density at radius 3 is 2.27 bits per heavy atom. The van der Waals surface area contributed by atoms with E-state index < -0.39 is 0 Å². The molecule has 9 atom stereocenters. The van der Waals surface area contributed by atoms with E-state index in [1.807, 2.05) is 18.2 Å². The van der Waals surface area contributed by atoms with E-state index in [0.29, 0.717) is 16.2 Å². The second kappa shape index (κ2) is 15.0. The van der Waals surface area contributed by atoms with Crippen molar-refractivity contribution < 1.29 is 0 Å². The van der Waals surface area contributed by atoms with Crippen LogP contribution in [0.5, 0.6) is 0 Å². The van der Waals surface area contributed by atoms with Gasteiger partial charge in [0.1, 0.15) is 0 Å². The highest BCUT2D eigenvalue weighted by molar-refractivity contribution is 5.41. The van der Waals surface area contributed by atoms with Gasteiger partial charge in [-0.05, 0) is 135 Å². The number of rotatable bonds is 4. The summed E-state index contributed by atoms with van der Waals surface area (Å²) in [6, 6.07) is 0. The fourth-order valence-corrected chi connectivity index (χ4v) is 11.0. The molecule has 0 nitrogen and oxygen atoms in total. The normalized spacial score (nSPS) is 40.7. The Labute approximate surface area is 259 Å². The largest absolute Gasteiger partial charge is 0.115 e. The van der Waals surface area contributed by atoms with E-state index in [4.69, 9.17) is 6.42 Å². The van der Waals surface area contributed by atoms with Gasteiger partial charge in [-0.3, -0.25) is 0 Å². The number of hydrogen-bond donors (Lipinski definition) is 0. The average molecular weight is 565 g/mol. The third kappa shape index (κ3) is 7.47. The highest BCUT2D eigenvalue weighted by Gasteiger charge is 2.62. The van der Waals surface area contributed by atoms with Crippen LogP contribution in [0.2, 0.25) is 0 Å². The van der Waals surface area contributed by atoms with Gasteiger partial charge in [0.25, 0.3) is 0 Å². The van der Waals surface area contributed by atoms with Crippen LogP contribution in [-0.2, 0) is 0 Å². The molecule has 0 amide bonds. The Morgan fingerprint density at radius 1 is 0.927 bits per heavy atom. The maximum Gasteiger partial charge on any atom is 0.0205 e. The summed E-state index contributed by atoms with van der Waals surface area (Å²) in [6.45, 7) is 20.2. The molecule has 0 radical (unpaired) electrons. The standard InChI is InChI=1S/C28H50.C10H10.3CH4/c1-8-9-13-26(5)15-16-27(6)21(18-26)10-11-22-23(27)12-14-28(7)24(22)17-20(4)25(28)19(2)3;1-3-10-6-4-5-9(2)7-8-10;;;/h19-25H,8-18H2,1-7H3;1,5-8H,4H2,2H3;3*1H4/t20?,21?,22?,23-,24-,25?,26?,27?,28?;;;;/m0..../s1. The van der Waals surface area contributed by atoms with Crippen molar-refractivity contribution in [2.75, 3.05) is 0 Å². The van der Waals surface area contributed by atoms with Gasteiger partial charge in [0.2, 0.25) is 0 Å². The van der Waals surface area contributed by atoms with Crippen molar-refractivity contribution in [2.45, 2.75) is 155 Å². The molecule has 0 aromatic rings. The van der Waals surface area contributed by atoms with Gasteiger partial charge in [-0.15, -0.1) is 6.42 Å². The lowest BCUT2D eigenvalue weighted by Gasteiger charge is -2.62. The van der Waals surface area contributed by atoms with Crippen molar-refractivity contribution in [3.05, 3.63) is 35.5 Å². The lowest BCUT2D eigenvalue weighted by Crippen LogP contribution is -2.54. The van der Waals surface area contributed by atoms with Crippen LogP contribution in [0.1, 0.15) is 155 Å². The van der Waals surface area contributed by atoms with E-state index in [1.54, 1.807) is 25.7 Å². The highest BCUT2D eigenvalue weighted by atomic mass is 14.7. The number of terminal acetylenes is 1. The van der Waals surface area contributed by atoms with Crippen molar-refractivity contribution in [1.29, 1.82) is 0 Å². The zero-order valence-corrected chi connectivity index (χ0v) is 26.4. The van der Waals surface area contributed by atoms with Gasteiger partial charge < -0.3 is 0 Å².